The molecule has 6 nitrogen and oxygen atoms in total. The van der Waals surface area contributed by atoms with Crippen LogP contribution >= 0.6 is 0 Å². The van der Waals surface area contributed by atoms with E-state index < -0.39 is 0 Å². The zero-order valence-corrected chi connectivity index (χ0v) is 17.5. The highest BCUT2D eigenvalue weighted by atomic mass is 19.1. The fourth-order valence-corrected chi connectivity index (χ4v) is 3.69. The Morgan fingerprint density at radius 2 is 1.91 bits per heavy atom. The quantitative estimate of drug-likeness (QED) is 0.393. The van der Waals surface area contributed by atoms with Crippen molar-refractivity contribution in [2.45, 2.75) is 13.0 Å². The lowest BCUT2D eigenvalue weighted by atomic mass is 10.0. The van der Waals surface area contributed by atoms with Crippen molar-refractivity contribution in [3.05, 3.63) is 102 Å². The molecule has 7 heteroatoms. The molecule has 0 atom stereocenters. The molecule has 3 heterocycles. The number of halogens is 1. The minimum Gasteiger partial charge on any atom is -0.493 e. The van der Waals surface area contributed by atoms with Crippen molar-refractivity contribution in [1.29, 1.82) is 0 Å². The summed E-state index contributed by atoms with van der Waals surface area (Å²) in [7, 11) is 1.55. The lowest BCUT2D eigenvalue weighted by Crippen LogP contribution is -2.01. The highest BCUT2D eigenvalue weighted by molar-refractivity contribution is 5.79. The van der Waals surface area contributed by atoms with Crippen molar-refractivity contribution in [2.75, 3.05) is 7.11 Å². The van der Waals surface area contributed by atoms with Gasteiger partial charge >= 0.3 is 0 Å². The van der Waals surface area contributed by atoms with E-state index >= 15 is 0 Å². The van der Waals surface area contributed by atoms with E-state index in [4.69, 9.17) is 9.47 Å². The van der Waals surface area contributed by atoms with Gasteiger partial charge in [0.15, 0.2) is 11.5 Å². The number of aromatic amines is 1. The van der Waals surface area contributed by atoms with Crippen LogP contribution in [0.2, 0.25) is 0 Å². The van der Waals surface area contributed by atoms with Gasteiger partial charge in [-0.05, 0) is 47.0 Å². The summed E-state index contributed by atoms with van der Waals surface area (Å²) in [6.07, 6.45) is 9.37. The van der Waals surface area contributed by atoms with Crippen LogP contribution in [0.4, 0.5) is 4.39 Å². The first-order chi connectivity index (χ1) is 15.7. The molecule has 0 radical (unpaired) electrons. The van der Waals surface area contributed by atoms with Gasteiger partial charge in [-0.3, -0.25) is 0 Å². The number of rotatable bonds is 7. The van der Waals surface area contributed by atoms with E-state index in [9.17, 15) is 4.39 Å². The summed E-state index contributed by atoms with van der Waals surface area (Å²) in [5.41, 5.74) is 4.26. The second kappa shape index (κ2) is 8.55. The maximum Gasteiger partial charge on any atom is 0.164 e. The molecule has 160 valence electrons. The molecule has 2 aromatic carbocycles. The Bertz CT molecular complexity index is 1340. The van der Waals surface area contributed by atoms with Gasteiger partial charge in [0.05, 0.1) is 13.4 Å². The molecule has 32 heavy (non-hydrogen) atoms. The summed E-state index contributed by atoms with van der Waals surface area (Å²) in [4.78, 5) is 11.5. The fraction of sp³-hybridized carbons (Fsp3) is 0.120. The molecule has 0 aliphatic heterocycles. The largest absolute Gasteiger partial charge is 0.493 e. The maximum absolute atomic E-state index is 14.9. The summed E-state index contributed by atoms with van der Waals surface area (Å²) in [5, 5.41) is 0.977. The molecule has 0 unspecified atom stereocenters. The third kappa shape index (κ3) is 3.92. The number of imidazole rings is 1. The van der Waals surface area contributed by atoms with Gasteiger partial charge in [-0.2, -0.15) is 0 Å². The van der Waals surface area contributed by atoms with Crippen LogP contribution in [0, 0.1) is 5.82 Å². The van der Waals surface area contributed by atoms with Crippen LogP contribution < -0.4 is 9.47 Å². The fourth-order valence-electron chi connectivity index (χ4n) is 3.69. The number of nitrogens with zero attached hydrogens (tertiary/aromatic N) is 3. The Morgan fingerprint density at radius 1 is 1.03 bits per heavy atom. The first-order valence-electron chi connectivity index (χ1n) is 10.2. The Morgan fingerprint density at radius 3 is 2.69 bits per heavy atom. The summed E-state index contributed by atoms with van der Waals surface area (Å²) in [6.45, 7) is 0.299. The van der Waals surface area contributed by atoms with E-state index in [1.807, 2.05) is 53.4 Å². The van der Waals surface area contributed by atoms with E-state index in [1.165, 1.54) is 6.07 Å². The summed E-state index contributed by atoms with van der Waals surface area (Å²) in [5.74, 6) is 0.525. The van der Waals surface area contributed by atoms with Crippen molar-refractivity contribution in [1.82, 2.24) is 19.5 Å². The predicted octanol–water partition coefficient (Wildman–Crippen LogP) is 5.07. The maximum atomic E-state index is 14.9. The van der Waals surface area contributed by atoms with Crippen LogP contribution in [0.3, 0.4) is 0 Å². The number of methoxy groups -OCH3 is 1. The Hall–Kier alpha value is -4.13. The standard InChI is InChI=1S/C25H21FN4O2/c1-31-23-12-18(11-19-14-29-25-21(19)3-2-8-28-25)22(26)13-24(23)32-15-17-4-6-20(7-5-17)30-10-9-27-16-30/h2-10,12-14,16H,11,15H2,1H3,(H,28,29). The van der Waals surface area contributed by atoms with E-state index in [0.29, 0.717) is 30.1 Å². The molecule has 5 aromatic rings. The topological polar surface area (TPSA) is 65.0 Å². The van der Waals surface area contributed by atoms with Crippen LogP contribution in [0.15, 0.2) is 79.6 Å². The number of fused-ring (bicyclic) bond motifs is 1. The molecule has 0 aliphatic carbocycles. The smallest absolute Gasteiger partial charge is 0.164 e. The number of aromatic nitrogens is 4. The Balaban J connectivity index is 1.33. The molecule has 0 saturated carbocycles. The molecule has 0 bridgehead atoms. The van der Waals surface area contributed by atoms with Crippen molar-refractivity contribution in [2.24, 2.45) is 0 Å². The summed E-state index contributed by atoms with van der Waals surface area (Å²) < 4.78 is 28.2. The van der Waals surface area contributed by atoms with Crippen molar-refractivity contribution < 1.29 is 13.9 Å². The lowest BCUT2D eigenvalue weighted by Gasteiger charge is -2.14. The van der Waals surface area contributed by atoms with E-state index in [0.717, 1.165) is 27.8 Å². The van der Waals surface area contributed by atoms with E-state index in [1.54, 1.807) is 31.9 Å². The first-order valence-corrected chi connectivity index (χ1v) is 10.2. The summed E-state index contributed by atoms with van der Waals surface area (Å²) in [6, 6.07) is 14.8. The Labute approximate surface area is 184 Å². The van der Waals surface area contributed by atoms with Gasteiger partial charge in [0.2, 0.25) is 0 Å². The van der Waals surface area contributed by atoms with Crippen molar-refractivity contribution in [3.63, 3.8) is 0 Å². The zero-order chi connectivity index (χ0) is 21.9. The monoisotopic (exact) mass is 428 g/mol. The Kier molecular flexibility index (Phi) is 5.29. The van der Waals surface area contributed by atoms with Gasteiger partial charge < -0.3 is 19.0 Å². The van der Waals surface area contributed by atoms with Gasteiger partial charge in [0.25, 0.3) is 0 Å². The average molecular weight is 428 g/mol. The number of nitrogens with one attached hydrogen (secondary N) is 1. The van der Waals surface area contributed by atoms with Gasteiger partial charge in [-0.15, -0.1) is 0 Å². The van der Waals surface area contributed by atoms with Crippen LogP contribution in [0.25, 0.3) is 16.7 Å². The highest BCUT2D eigenvalue weighted by Crippen LogP contribution is 2.32. The second-order valence-electron chi connectivity index (χ2n) is 7.41. The number of H-pyrrole nitrogens is 1. The third-order valence-corrected chi connectivity index (χ3v) is 5.38. The molecular formula is C25H21FN4O2. The van der Waals surface area contributed by atoms with Crippen LogP contribution in [0.5, 0.6) is 11.5 Å². The van der Waals surface area contributed by atoms with Gasteiger partial charge in [0, 0.05) is 48.3 Å². The third-order valence-electron chi connectivity index (χ3n) is 5.38. The van der Waals surface area contributed by atoms with Crippen LogP contribution in [0.1, 0.15) is 16.7 Å². The molecule has 0 saturated heterocycles. The number of ether oxygens (including phenoxy) is 2. The SMILES string of the molecule is COc1cc(Cc2c[nH]c3ncccc23)c(F)cc1OCc1ccc(-n2ccnc2)cc1. The van der Waals surface area contributed by atoms with Gasteiger partial charge in [-0.25, -0.2) is 14.4 Å². The van der Waals surface area contributed by atoms with Gasteiger partial charge in [-0.1, -0.05) is 12.1 Å². The lowest BCUT2D eigenvalue weighted by molar-refractivity contribution is 0.282. The molecule has 0 aliphatic rings. The molecule has 0 spiro atoms. The second-order valence-corrected chi connectivity index (χ2v) is 7.41. The van der Waals surface area contributed by atoms with E-state index in [2.05, 4.69) is 15.0 Å². The molecule has 5 rings (SSSR count). The van der Waals surface area contributed by atoms with Gasteiger partial charge in [0.1, 0.15) is 18.1 Å². The molecule has 1 N–H and O–H groups in total. The molecule has 0 fully saturated rings. The van der Waals surface area contributed by atoms with Crippen molar-refractivity contribution >= 4 is 11.0 Å². The predicted molar refractivity (Wildman–Crippen MR) is 120 cm³/mol. The van der Waals surface area contributed by atoms with Crippen LogP contribution in [-0.4, -0.2) is 26.6 Å². The molecule has 3 aromatic heterocycles. The molecular weight excluding hydrogens is 407 g/mol. The summed E-state index contributed by atoms with van der Waals surface area (Å²) >= 11 is 0. The number of hydrogen-bond donors (Lipinski definition) is 1. The highest BCUT2D eigenvalue weighted by Gasteiger charge is 2.14. The number of hydrogen-bond acceptors (Lipinski definition) is 4. The number of benzene rings is 2. The van der Waals surface area contributed by atoms with Crippen LogP contribution in [-0.2, 0) is 13.0 Å². The average Bonchev–Trinajstić information content (AvgIpc) is 3.50. The zero-order valence-electron chi connectivity index (χ0n) is 17.5. The first kappa shape index (κ1) is 19.8. The molecule has 0 amide bonds. The van der Waals surface area contributed by atoms with Crippen molar-refractivity contribution in [3.8, 4) is 17.2 Å². The van der Waals surface area contributed by atoms with E-state index in [-0.39, 0.29) is 5.82 Å². The minimum atomic E-state index is -0.338. The minimum absolute atomic E-state index is 0.299. The number of pyridine rings is 1. The normalized spacial score (nSPS) is 11.1.